The Labute approximate surface area is 229 Å². The summed E-state index contributed by atoms with van der Waals surface area (Å²) in [5, 5.41) is 3.55. The van der Waals surface area contributed by atoms with Crippen molar-refractivity contribution >= 4 is 11.4 Å². The zero-order chi connectivity index (χ0) is 26.2. The maximum Gasteiger partial charge on any atom is 0.0635 e. The highest BCUT2D eigenvalue weighted by atomic mass is 16.5. The van der Waals surface area contributed by atoms with E-state index < -0.39 is 0 Å². The molecule has 38 heavy (non-hydrogen) atoms. The third-order valence-corrected chi connectivity index (χ3v) is 9.83. The molecule has 0 radical (unpaired) electrons. The first-order valence-electron chi connectivity index (χ1n) is 14.9. The van der Waals surface area contributed by atoms with Gasteiger partial charge >= 0.3 is 0 Å². The molecule has 6 rings (SSSR count). The molecule has 4 aliphatic rings. The molecule has 2 aromatic carbocycles. The van der Waals surface area contributed by atoms with Crippen molar-refractivity contribution in [1.82, 2.24) is 15.1 Å². The molecule has 2 aromatic rings. The van der Waals surface area contributed by atoms with E-state index >= 15 is 0 Å². The van der Waals surface area contributed by atoms with E-state index in [2.05, 4.69) is 82.2 Å². The van der Waals surface area contributed by atoms with Crippen molar-refractivity contribution in [2.24, 2.45) is 0 Å². The largest absolute Gasteiger partial charge is 0.383 e. The lowest BCUT2D eigenvalue weighted by Crippen LogP contribution is -2.55. The summed E-state index contributed by atoms with van der Waals surface area (Å²) in [5.41, 5.74) is 9.18. The summed E-state index contributed by atoms with van der Waals surface area (Å²) < 4.78 is 5.53. The lowest BCUT2D eigenvalue weighted by Gasteiger charge is -2.49. The Morgan fingerprint density at radius 1 is 0.895 bits per heavy atom. The van der Waals surface area contributed by atoms with Crippen LogP contribution in [0.4, 0.5) is 11.4 Å². The van der Waals surface area contributed by atoms with Crippen molar-refractivity contribution in [1.29, 1.82) is 0 Å². The van der Waals surface area contributed by atoms with Gasteiger partial charge in [-0.05, 0) is 87.5 Å². The van der Waals surface area contributed by atoms with Gasteiger partial charge < -0.3 is 19.9 Å². The van der Waals surface area contributed by atoms with Crippen LogP contribution in [-0.4, -0.2) is 87.5 Å². The summed E-state index contributed by atoms with van der Waals surface area (Å²) in [5.74, 6) is 0. The Morgan fingerprint density at radius 2 is 1.63 bits per heavy atom. The van der Waals surface area contributed by atoms with Gasteiger partial charge in [0.2, 0.25) is 0 Å². The number of benzene rings is 2. The number of fused-ring (bicyclic) bond motifs is 2. The van der Waals surface area contributed by atoms with E-state index in [0.717, 1.165) is 58.7 Å². The zero-order valence-electron chi connectivity index (χ0n) is 24.0. The smallest absolute Gasteiger partial charge is 0.0635 e. The van der Waals surface area contributed by atoms with E-state index in [1.165, 1.54) is 36.3 Å². The maximum atomic E-state index is 5.53. The molecule has 6 heteroatoms. The Bertz CT molecular complexity index is 1110. The molecular formula is C32H47N5O. The van der Waals surface area contributed by atoms with Crippen molar-refractivity contribution in [3.05, 3.63) is 58.7 Å². The fourth-order valence-corrected chi connectivity index (χ4v) is 7.83. The topological polar surface area (TPSA) is 34.2 Å². The number of methoxy groups -OCH3 is 1. The van der Waals surface area contributed by atoms with Gasteiger partial charge in [0.25, 0.3) is 0 Å². The number of hydrogen-bond donors (Lipinski definition) is 1. The van der Waals surface area contributed by atoms with Crippen LogP contribution in [0.15, 0.2) is 36.4 Å². The summed E-state index contributed by atoms with van der Waals surface area (Å²) in [6.07, 6.45) is 4.81. The highest BCUT2D eigenvalue weighted by Gasteiger charge is 2.37. The van der Waals surface area contributed by atoms with E-state index in [1.54, 1.807) is 16.7 Å². The van der Waals surface area contributed by atoms with Crippen LogP contribution >= 0.6 is 0 Å². The van der Waals surface area contributed by atoms with Gasteiger partial charge in [-0.1, -0.05) is 24.3 Å². The molecule has 0 spiro atoms. The van der Waals surface area contributed by atoms with Crippen molar-refractivity contribution in [3.8, 4) is 0 Å². The summed E-state index contributed by atoms with van der Waals surface area (Å²) >= 11 is 0. The third kappa shape index (κ3) is 4.97. The molecule has 2 fully saturated rings. The van der Waals surface area contributed by atoms with Crippen LogP contribution in [0.25, 0.3) is 0 Å². The maximum absolute atomic E-state index is 5.53. The molecule has 6 nitrogen and oxygen atoms in total. The number of rotatable bonds is 5. The molecule has 0 aliphatic carbocycles. The Balaban J connectivity index is 1.16. The predicted octanol–water partition coefficient (Wildman–Crippen LogP) is 3.90. The van der Waals surface area contributed by atoms with Gasteiger partial charge in [-0.3, -0.25) is 9.80 Å². The van der Waals surface area contributed by atoms with E-state index in [-0.39, 0.29) is 0 Å². The summed E-state index contributed by atoms with van der Waals surface area (Å²) in [7, 11) is 4.06. The SMILES string of the molecule is COC[C@@H]1CN(c2cccc3c2CCN(C2C[C@@H](C)N(c4cccc5c4CCNC5)[C@@H](C)C2)C3)CCN1C. The number of likely N-dealkylation sites (N-methyl/N-ethyl adjacent to an activating group) is 1. The van der Waals surface area contributed by atoms with Crippen LogP contribution in [0.2, 0.25) is 0 Å². The monoisotopic (exact) mass is 517 g/mol. The fraction of sp³-hybridized carbons (Fsp3) is 0.625. The predicted molar refractivity (Wildman–Crippen MR) is 157 cm³/mol. The molecule has 4 heterocycles. The third-order valence-electron chi connectivity index (χ3n) is 9.83. The quantitative estimate of drug-likeness (QED) is 0.648. The molecule has 0 bridgehead atoms. The van der Waals surface area contributed by atoms with E-state index in [4.69, 9.17) is 4.74 Å². The first kappa shape index (κ1) is 26.1. The van der Waals surface area contributed by atoms with E-state index in [0.29, 0.717) is 24.2 Å². The molecule has 2 saturated heterocycles. The van der Waals surface area contributed by atoms with Gasteiger partial charge in [-0.25, -0.2) is 0 Å². The Hall–Kier alpha value is -2.12. The van der Waals surface area contributed by atoms with Crippen LogP contribution in [0, 0.1) is 0 Å². The Morgan fingerprint density at radius 3 is 2.42 bits per heavy atom. The Kier molecular flexibility index (Phi) is 7.68. The van der Waals surface area contributed by atoms with Crippen LogP contribution < -0.4 is 15.1 Å². The second kappa shape index (κ2) is 11.2. The average Bonchev–Trinajstić information content (AvgIpc) is 2.93. The van der Waals surface area contributed by atoms with Gasteiger partial charge in [0, 0.05) is 75.9 Å². The van der Waals surface area contributed by atoms with Gasteiger partial charge in [0.1, 0.15) is 0 Å². The highest BCUT2D eigenvalue weighted by Crippen LogP contribution is 2.38. The minimum absolute atomic E-state index is 0.462. The molecular weight excluding hydrogens is 470 g/mol. The molecule has 4 atom stereocenters. The second-order valence-corrected chi connectivity index (χ2v) is 12.2. The van der Waals surface area contributed by atoms with Gasteiger partial charge in [0.05, 0.1) is 12.6 Å². The molecule has 0 aromatic heterocycles. The first-order chi connectivity index (χ1) is 18.5. The first-order valence-corrected chi connectivity index (χ1v) is 14.9. The molecule has 4 aliphatic heterocycles. The number of nitrogens with one attached hydrogen (secondary N) is 1. The summed E-state index contributed by atoms with van der Waals surface area (Å²) in [6, 6.07) is 16.2. The zero-order valence-corrected chi connectivity index (χ0v) is 24.0. The van der Waals surface area contributed by atoms with Crippen LogP contribution in [0.5, 0.6) is 0 Å². The van der Waals surface area contributed by atoms with Crippen molar-refractivity contribution in [2.45, 2.75) is 76.8 Å². The van der Waals surface area contributed by atoms with Gasteiger partial charge in [-0.15, -0.1) is 0 Å². The number of ether oxygens (including phenoxy) is 1. The number of piperazine rings is 1. The molecule has 0 saturated carbocycles. The second-order valence-electron chi connectivity index (χ2n) is 12.2. The van der Waals surface area contributed by atoms with Crippen molar-refractivity contribution < 1.29 is 4.74 Å². The molecule has 1 unspecified atom stereocenters. The standard InChI is InChI=1S/C32H47N5O/c1-23-17-27(18-24(2)37(23)32-10-5-7-25-19-33-13-11-29(25)32)35-14-12-30-26(20-35)8-6-9-31(30)36-16-15-34(3)28(21-36)22-38-4/h5-10,23-24,27-28,33H,11-22H2,1-4H3/t23-,24+,27?,28-/m0/s1. The lowest BCUT2D eigenvalue weighted by atomic mass is 9.87. The highest BCUT2D eigenvalue weighted by molar-refractivity contribution is 5.60. The lowest BCUT2D eigenvalue weighted by molar-refractivity contribution is 0.0985. The normalized spacial score (nSPS) is 28.7. The molecule has 1 N–H and O–H groups in total. The van der Waals surface area contributed by atoms with Gasteiger partial charge in [-0.2, -0.15) is 0 Å². The van der Waals surface area contributed by atoms with Crippen LogP contribution in [-0.2, 0) is 30.7 Å². The molecule has 206 valence electrons. The minimum Gasteiger partial charge on any atom is -0.383 e. The molecule has 0 amide bonds. The number of piperidine rings is 1. The fourth-order valence-electron chi connectivity index (χ4n) is 7.83. The number of anilines is 2. The van der Waals surface area contributed by atoms with Crippen molar-refractivity contribution in [2.75, 3.05) is 63.3 Å². The van der Waals surface area contributed by atoms with Crippen LogP contribution in [0.1, 0.15) is 48.9 Å². The van der Waals surface area contributed by atoms with Crippen LogP contribution in [0.3, 0.4) is 0 Å². The summed E-state index contributed by atoms with van der Waals surface area (Å²) in [4.78, 5) is 10.6. The van der Waals surface area contributed by atoms with Gasteiger partial charge in [0.15, 0.2) is 0 Å². The van der Waals surface area contributed by atoms with E-state index in [1.807, 2.05) is 7.11 Å². The average molecular weight is 518 g/mol. The van der Waals surface area contributed by atoms with E-state index in [9.17, 15) is 0 Å². The number of nitrogens with zero attached hydrogens (tertiary/aromatic N) is 4. The summed E-state index contributed by atoms with van der Waals surface area (Å²) in [6.45, 7) is 13.3. The number of hydrogen-bond acceptors (Lipinski definition) is 6. The minimum atomic E-state index is 0.462. The van der Waals surface area contributed by atoms with Crippen molar-refractivity contribution in [3.63, 3.8) is 0 Å².